The summed E-state index contributed by atoms with van der Waals surface area (Å²) in [5, 5.41) is 1.89. The molecule has 0 spiro atoms. The highest BCUT2D eigenvalue weighted by molar-refractivity contribution is 6.36. The van der Waals surface area contributed by atoms with Crippen LogP contribution in [0.3, 0.4) is 0 Å². The van der Waals surface area contributed by atoms with Gasteiger partial charge in [0.25, 0.3) is 5.91 Å². The first kappa shape index (κ1) is 19.2. The van der Waals surface area contributed by atoms with Crippen molar-refractivity contribution in [3.05, 3.63) is 64.1 Å². The van der Waals surface area contributed by atoms with E-state index in [0.29, 0.717) is 34.4 Å². The Morgan fingerprint density at radius 1 is 1.07 bits per heavy atom. The molecule has 1 aliphatic rings. The van der Waals surface area contributed by atoms with E-state index in [1.165, 1.54) is 0 Å². The summed E-state index contributed by atoms with van der Waals surface area (Å²) in [6, 6.07) is 14.8. The molecule has 0 radical (unpaired) electrons. The zero-order valence-electron chi connectivity index (χ0n) is 15.7. The minimum atomic E-state index is -0.0214. The fourth-order valence-electron chi connectivity index (χ4n) is 3.70. The lowest BCUT2D eigenvalue weighted by Gasteiger charge is -2.35. The van der Waals surface area contributed by atoms with Gasteiger partial charge in [-0.15, -0.1) is 0 Å². The van der Waals surface area contributed by atoms with Crippen LogP contribution < -0.4 is 0 Å². The minimum Gasteiger partial charge on any atom is -0.372 e. The summed E-state index contributed by atoms with van der Waals surface area (Å²) in [4.78, 5) is 20.0. The summed E-state index contributed by atoms with van der Waals surface area (Å²) in [6.07, 6.45) is 0.0111. The summed E-state index contributed by atoms with van der Waals surface area (Å²) in [6.45, 7) is 5.10. The number of amides is 1. The van der Waals surface area contributed by atoms with E-state index < -0.39 is 0 Å². The molecule has 2 atom stereocenters. The van der Waals surface area contributed by atoms with E-state index >= 15 is 0 Å². The Labute approximate surface area is 174 Å². The van der Waals surface area contributed by atoms with Crippen molar-refractivity contribution < 1.29 is 9.53 Å². The van der Waals surface area contributed by atoms with E-state index in [0.717, 1.165) is 16.5 Å². The number of para-hydroxylation sites is 1. The Kier molecular flexibility index (Phi) is 5.28. The third-order valence-corrected chi connectivity index (χ3v) is 5.41. The molecule has 4 nitrogen and oxygen atoms in total. The molecule has 0 N–H and O–H groups in total. The lowest BCUT2D eigenvalue weighted by Crippen LogP contribution is -2.48. The van der Waals surface area contributed by atoms with Crippen molar-refractivity contribution in [1.82, 2.24) is 9.88 Å². The Balaban J connectivity index is 1.84. The maximum atomic E-state index is 13.4. The summed E-state index contributed by atoms with van der Waals surface area (Å²) >= 11 is 12.4. The second-order valence-electron chi connectivity index (χ2n) is 7.16. The largest absolute Gasteiger partial charge is 0.372 e. The highest BCUT2D eigenvalue weighted by Crippen LogP contribution is 2.32. The standard InChI is InChI=1S/C22H20Cl2N2O2/c1-13-11-26(12-14(2)28-13)22(27)18-10-21(17-8-7-15(23)9-19(17)24)25-20-6-4-3-5-16(18)20/h3-10,13-14H,11-12H2,1-2H3/t13-,14+. The molecule has 1 amide bonds. The van der Waals surface area contributed by atoms with E-state index in [1.807, 2.05) is 55.1 Å². The van der Waals surface area contributed by atoms with Crippen molar-refractivity contribution in [3.8, 4) is 11.3 Å². The number of nitrogens with zero attached hydrogens (tertiary/aromatic N) is 2. The van der Waals surface area contributed by atoms with Gasteiger partial charge in [0.05, 0.1) is 34.0 Å². The highest BCUT2D eigenvalue weighted by Gasteiger charge is 2.28. The van der Waals surface area contributed by atoms with Gasteiger partial charge in [-0.3, -0.25) is 4.79 Å². The van der Waals surface area contributed by atoms with Gasteiger partial charge in [-0.25, -0.2) is 4.98 Å². The van der Waals surface area contributed by atoms with Crippen molar-refractivity contribution >= 4 is 40.0 Å². The Hall–Kier alpha value is -2.14. The molecule has 1 aromatic heterocycles. The first-order valence-electron chi connectivity index (χ1n) is 9.22. The van der Waals surface area contributed by atoms with E-state index in [1.54, 1.807) is 12.1 Å². The molecule has 144 valence electrons. The SMILES string of the molecule is C[C@@H]1CN(C(=O)c2cc(-c3ccc(Cl)cc3Cl)nc3ccccc23)C[C@H](C)O1. The molecule has 1 fully saturated rings. The molecule has 0 unspecified atom stereocenters. The fourth-order valence-corrected chi connectivity index (χ4v) is 4.21. The summed E-state index contributed by atoms with van der Waals surface area (Å²) in [7, 11) is 0. The van der Waals surface area contributed by atoms with Gasteiger partial charge in [0.1, 0.15) is 0 Å². The van der Waals surface area contributed by atoms with Crippen molar-refractivity contribution in [3.63, 3.8) is 0 Å². The van der Waals surface area contributed by atoms with Crippen LogP contribution in [-0.4, -0.2) is 41.1 Å². The predicted molar refractivity (Wildman–Crippen MR) is 113 cm³/mol. The third kappa shape index (κ3) is 3.72. The maximum Gasteiger partial charge on any atom is 0.254 e. The smallest absolute Gasteiger partial charge is 0.254 e. The minimum absolute atomic E-state index is 0.00554. The zero-order valence-corrected chi connectivity index (χ0v) is 17.2. The zero-order chi connectivity index (χ0) is 19.8. The molecule has 2 heterocycles. The van der Waals surface area contributed by atoms with Crippen molar-refractivity contribution in [1.29, 1.82) is 0 Å². The predicted octanol–water partition coefficient (Wildman–Crippen LogP) is 5.46. The quantitative estimate of drug-likeness (QED) is 0.558. The molecule has 6 heteroatoms. The molecule has 4 rings (SSSR count). The number of halogens is 2. The number of hydrogen-bond donors (Lipinski definition) is 0. The third-order valence-electron chi connectivity index (χ3n) is 4.86. The fraction of sp³-hybridized carbons (Fsp3) is 0.273. The first-order valence-corrected chi connectivity index (χ1v) is 9.98. The van der Waals surface area contributed by atoms with E-state index in [9.17, 15) is 4.79 Å². The number of aromatic nitrogens is 1. The van der Waals surface area contributed by atoms with Crippen LogP contribution in [0.1, 0.15) is 24.2 Å². The van der Waals surface area contributed by atoms with E-state index in [4.69, 9.17) is 32.9 Å². The molecule has 0 bridgehead atoms. The van der Waals surface area contributed by atoms with Gasteiger partial charge < -0.3 is 9.64 Å². The van der Waals surface area contributed by atoms with Crippen LogP contribution in [0.15, 0.2) is 48.5 Å². The lowest BCUT2D eigenvalue weighted by atomic mass is 10.0. The van der Waals surface area contributed by atoms with Crippen molar-refractivity contribution in [2.45, 2.75) is 26.1 Å². The summed E-state index contributed by atoms with van der Waals surface area (Å²) < 4.78 is 5.77. The molecule has 28 heavy (non-hydrogen) atoms. The molecule has 0 aliphatic carbocycles. The summed E-state index contributed by atoms with van der Waals surface area (Å²) in [5.41, 5.74) is 2.77. The normalized spacial score (nSPS) is 19.8. The average molecular weight is 415 g/mol. The number of hydrogen-bond acceptors (Lipinski definition) is 3. The highest BCUT2D eigenvalue weighted by atomic mass is 35.5. The number of fused-ring (bicyclic) bond motifs is 1. The Morgan fingerprint density at radius 3 is 2.50 bits per heavy atom. The number of morpholine rings is 1. The van der Waals surface area contributed by atoms with Gasteiger partial charge in [0.15, 0.2) is 0 Å². The molecule has 1 saturated heterocycles. The lowest BCUT2D eigenvalue weighted by molar-refractivity contribution is -0.0585. The first-order chi connectivity index (χ1) is 13.4. The van der Waals surface area contributed by atoms with Gasteiger partial charge in [0, 0.05) is 29.1 Å². The van der Waals surface area contributed by atoms with Gasteiger partial charge in [-0.2, -0.15) is 0 Å². The van der Waals surface area contributed by atoms with Crippen LogP contribution in [0.5, 0.6) is 0 Å². The molecule has 2 aromatic carbocycles. The van der Waals surface area contributed by atoms with Crippen LogP contribution in [-0.2, 0) is 4.74 Å². The number of carbonyl (C=O) groups is 1. The number of carbonyl (C=O) groups excluding carboxylic acids is 1. The Bertz CT molecular complexity index is 1040. The van der Waals surface area contributed by atoms with Crippen LogP contribution >= 0.6 is 23.2 Å². The average Bonchev–Trinajstić information content (AvgIpc) is 2.66. The molecule has 3 aromatic rings. The molecule has 0 saturated carbocycles. The second-order valence-corrected chi connectivity index (χ2v) is 8.01. The van der Waals surface area contributed by atoms with Crippen LogP contribution in [0.2, 0.25) is 10.0 Å². The second kappa shape index (κ2) is 7.70. The van der Waals surface area contributed by atoms with Gasteiger partial charge in [0.2, 0.25) is 0 Å². The number of ether oxygens (including phenoxy) is 1. The van der Waals surface area contributed by atoms with Crippen LogP contribution in [0, 0.1) is 0 Å². The van der Waals surface area contributed by atoms with Crippen LogP contribution in [0.4, 0.5) is 0 Å². The van der Waals surface area contributed by atoms with Gasteiger partial charge in [-0.05, 0) is 44.2 Å². The number of benzene rings is 2. The Morgan fingerprint density at radius 2 is 1.79 bits per heavy atom. The summed E-state index contributed by atoms with van der Waals surface area (Å²) in [5.74, 6) is -0.0214. The number of pyridine rings is 1. The topological polar surface area (TPSA) is 42.4 Å². The van der Waals surface area contributed by atoms with Gasteiger partial charge in [-0.1, -0.05) is 41.4 Å². The van der Waals surface area contributed by atoms with E-state index in [2.05, 4.69) is 0 Å². The van der Waals surface area contributed by atoms with Gasteiger partial charge >= 0.3 is 0 Å². The number of rotatable bonds is 2. The van der Waals surface area contributed by atoms with Crippen molar-refractivity contribution in [2.75, 3.05) is 13.1 Å². The monoisotopic (exact) mass is 414 g/mol. The van der Waals surface area contributed by atoms with E-state index in [-0.39, 0.29) is 18.1 Å². The maximum absolute atomic E-state index is 13.4. The molecular formula is C22H20Cl2N2O2. The molecular weight excluding hydrogens is 395 g/mol. The van der Waals surface area contributed by atoms with Crippen molar-refractivity contribution in [2.24, 2.45) is 0 Å². The molecule has 1 aliphatic heterocycles. The van der Waals surface area contributed by atoms with Crippen LogP contribution in [0.25, 0.3) is 22.2 Å².